The zero-order valence-corrected chi connectivity index (χ0v) is 11.5. The lowest BCUT2D eigenvalue weighted by Gasteiger charge is -2.07. The van der Waals surface area contributed by atoms with Crippen LogP contribution < -0.4 is 0 Å². The normalized spacial score (nSPS) is 10.3. The zero-order valence-electron chi connectivity index (χ0n) is 9.06. The molecule has 0 fully saturated rings. The number of carboxylic acid groups (broad SMARTS) is 1. The van der Waals surface area contributed by atoms with Crippen molar-refractivity contribution in [2.24, 2.45) is 0 Å². The van der Waals surface area contributed by atoms with E-state index in [0.717, 1.165) is 15.4 Å². The van der Waals surface area contributed by atoms with Gasteiger partial charge in [0.25, 0.3) is 0 Å². The van der Waals surface area contributed by atoms with E-state index in [2.05, 4.69) is 15.9 Å². The maximum atomic E-state index is 13.0. The maximum Gasteiger partial charge on any atom is 0.336 e. The molecule has 0 unspecified atom stereocenters. The average Bonchev–Trinajstić information content (AvgIpc) is 2.34. The highest BCUT2D eigenvalue weighted by atomic mass is 79.9. The Balaban J connectivity index is 2.41. The minimum absolute atomic E-state index is 0.0317. The van der Waals surface area contributed by atoms with Gasteiger partial charge in [-0.25, -0.2) is 9.18 Å². The summed E-state index contributed by atoms with van der Waals surface area (Å²) in [7, 11) is 0. The van der Waals surface area contributed by atoms with E-state index in [0.29, 0.717) is 4.90 Å². The first-order valence-electron chi connectivity index (χ1n) is 5.03. The van der Waals surface area contributed by atoms with Gasteiger partial charge in [0, 0.05) is 14.3 Å². The molecule has 2 nitrogen and oxygen atoms in total. The van der Waals surface area contributed by atoms with Gasteiger partial charge in [0.1, 0.15) is 5.82 Å². The van der Waals surface area contributed by atoms with Crippen molar-refractivity contribution in [3.63, 3.8) is 0 Å². The molecule has 0 aromatic heterocycles. The second-order valence-corrected chi connectivity index (χ2v) is 5.42. The molecule has 2 aromatic rings. The third kappa shape index (κ3) is 2.91. The molecular weight excluding hydrogens is 319 g/mol. The summed E-state index contributed by atoms with van der Waals surface area (Å²) < 4.78 is 13.9. The Morgan fingerprint density at radius 3 is 2.56 bits per heavy atom. The molecule has 2 rings (SSSR count). The fraction of sp³-hybridized carbons (Fsp3) is 0. The first-order chi connectivity index (χ1) is 8.58. The van der Waals surface area contributed by atoms with Crippen LogP contribution in [-0.4, -0.2) is 11.1 Å². The van der Waals surface area contributed by atoms with Gasteiger partial charge in [-0.15, -0.1) is 0 Å². The molecule has 2 aromatic carbocycles. The molecule has 5 heteroatoms. The fourth-order valence-electron chi connectivity index (χ4n) is 1.40. The lowest BCUT2D eigenvalue weighted by Crippen LogP contribution is -1.99. The van der Waals surface area contributed by atoms with Crippen molar-refractivity contribution < 1.29 is 14.3 Å². The number of carboxylic acids is 1. The van der Waals surface area contributed by atoms with Crippen LogP contribution in [0.5, 0.6) is 0 Å². The number of aromatic carboxylic acids is 1. The second-order valence-electron chi connectivity index (χ2n) is 3.48. The highest BCUT2D eigenvalue weighted by molar-refractivity contribution is 9.10. The van der Waals surface area contributed by atoms with E-state index in [1.807, 2.05) is 24.3 Å². The first-order valence-corrected chi connectivity index (χ1v) is 6.64. The minimum atomic E-state index is -1.14. The van der Waals surface area contributed by atoms with Crippen molar-refractivity contribution >= 4 is 33.7 Å². The van der Waals surface area contributed by atoms with Crippen molar-refractivity contribution in [3.8, 4) is 0 Å². The van der Waals surface area contributed by atoms with Crippen LogP contribution in [0.3, 0.4) is 0 Å². The molecule has 0 radical (unpaired) electrons. The van der Waals surface area contributed by atoms with Gasteiger partial charge in [-0.2, -0.15) is 0 Å². The van der Waals surface area contributed by atoms with E-state index in [1.54, 1.807) is 0 Å². The molecule has 0 bridgehead atoms. The van der Waals surface area contributed by atoms with Gasteiger partial charge >= 0.3 is 5.97 Å². The number of hydrogen-bond acceptors (Lipinski definition) is 2. The molecule has 0 saturated heterocycles. The summed E-state index contributed by atoms with van der Waals surface area (Å²) in [6.45, 7) is 0. The van der Waals surface area contributed by atoms with Crippen LogP contribution in [0.15, 0.2) is 56.7 Å². The Labute approximate surface area is 116 Å². The molecule has 0 amide bonds. The van der Waals surface area contributed by atoms with Crippen LogP contribution in [0.25, 0.3) is 0 Å². The Bertz CT molecular complexity index is 601. The summed E-state index contributed by atoms with van der Waals surface area (Å²) in [4.78, 5) is 12.4. The van der Waals surface area contributed by atoms with Gasteiger partial charge in [0.15, 0.2) is 0 Å². The minimum Gasteiger partial charge on any atom is -0.478 e. The molecule has 18 heavy (non-hydrogen) atoms. The Morgan fingerprint density at radius 2 is 1.89 bits per heavy atom. The monoisotopic (exact) mass is 326 g/mol. The van der Waals surface area contributed by atoms with E-state index >= 15 is 0 Å². The highest BCUT2D eigenvalue weighted by Crippen LogP contribution is 2.35. The van der Waals surface area contributed by atoms with Gasteiger partial charge < -0.3 is 5.11 Å². The molecule has 0 heterocycles. The molecule has 1 N–H and O–H groups in total. The number of halogens is 2. The van der Waals surface area contributed by atoms with Gasteiger partial charge in [0.2, 0.25) is 0 Å². The smallest absolute Gasteiger partial charge is 0.336 e. The van der Waals surface area contributed by atoms with E-state index in [-0.39, 0.29) is 5.56 Å². The Morgan fingerprint density at radius 1 is 1.17 bits per heavy atom. The van der Waals surface area contributed by atoms with E-state index in [9.17, 15) is 9.18 Å². The Hall–Kier alpha value is -1.33. The van der Waals surface area contributed by atoms with Crippen LogP contribution in [-0.2, 0) is 0 Å². The molecule has 0 aliphatic carbocycles. The van der Waals surface area contributed by atoms with E-state index in [1.165, 1.54) is 23.9 Å². The molecule has 0 atom stereocenters. The molecule has 0 aliphatic rings. The van der Waals surface area contributed by atoms with Crippen LogP contribution in [0.2, 0.25) is 0 Å². The third-order valence-electron chi connectivity index (χ3n) is 2.23. The standard InChI is InChI=1S/C13H8BrFO2S/c14-10-3-1-2-4-12(10)18-11-6-5-8(15)7-9(11)13(16)17/h1-7H,(H,16,17). The molecule has 0 spiro atoms. The van der Waals surface area contributed by atoms with Crippen LogP contribution >= 0.6 is 27.7 Å². The van der Waals surface area contributed by atoms with Gasteiger partial charge in [0.05, 0.1) is 5.56 Å². The van der Waals surface area contributed by atoms with Gasteiger partial charge in [-0.3, -0.25) is 0 Å². The predicted octanol–water partition coefficient (Wildman–Crippen LogP) is 4.44. The van der Waals surface area contributed by atoms with Crippen molar-refractivity contribution in [3.05, 3.63) is 58.3 Å². The SMILES string of the molecule is O=C(O)c1cc(F)ccc1Sc1ccccc1Br. The number of rotatable bonds is 3. The number of carbonyl (C=O) groups is 1. The van der Waals surface area contributed by atoms with Crippen molar-refractivity contribution in [2.75, 3.05) is 0 Å². The van der Waals surface area contributed by atoms with Gasteiger partial charge in [-0.05, 0) is 46.3 Å². The summed E-state index contributed by atoms with van der Waals surface area (Å²) in [5, 5.41) is 9.05. The van der Waals surface area contributed by atoms with Crippen LogP contribution in [0.1, 0.15) is 10.4 Å². The number of hydrogen-bond donors (Lipinski definition) is 1. The van der Waals surface area contributed by atoms with Crippen LogP contribution in [0.4, 0.5) is 4.39 Å². The van der Waals surface area contributed by atoms with Crippen molar-refractivity contribution in [1.29, 1.82) is 0 Å². The van der Waals surface area contributed by atoms with Crippen molar-refractivity contribution in [2.45, 2.75) is 9.79 Å². The third-order valence-corrected chi connectivity index (χ3v) is 4.33. The summed E-state index contributed by atoms with van der Waals surface area (Å²) in [6.07, 6.45) is 0. The lowest BCUT2D eigenvalue weighted by atomic mass is 10.2. The predicted molar refractivity (Wildman–Crippen MR) is 71.6 cm³/mol. The fourth-order valence-corrected chi connectivity index (χ4v) is 2.87. The summed E-state index contributed by atoms with van der Waals surface area (Å²) in [5.74, 6) is -1.69. The van der Waals surface area contributed by atoms with Crippen molar-refractivity contribution in [1.82, 2.24) is 0 Å². The summed E-state index contributed by atoms with van der Waals surface area (Å²) >= 11 is 4.67. The largest absolute Gasteiger partial charge is 0.478 e. The maximum absolute atomic E-state index is 13.0. The van der Waals surface area contributed by atoms with Gasteiger partial charge in [-0.1, -0.05) is 23.9 Å². The van der Waals surface area contributed by atoms with E-state index in [4.69, 9.17) is 5.11 Å². The van der Waals surface area contributed by atoms with Crippen LogP contribution in [0, 0.1) is 5.82 Å². The number of benzene rings is 2. The summed E-state index contributed by atoms with van der Waals surface area (Å²) in [6, 6.07) is 11.2. The summed E-state index contributed by atoms with van der Waals surface area (Å²) in [5.41, 5.74) is -0.0317. The quantitative estimate of drug-likeness (QED) is 0.906. The molecule has 0 aliphatic heterocycles. The average molecular weight is 327 g/mol. The second kappa shape index (κ2) is 5.54. The Kier molecular flexibility index (Phi) is 4.04. The van der Waals surface area contributed by atoms with E-state index < -0.39 is 11.8 Å². The highest BCUT2D eigenvalue weighted by Gasteiger charge is 2.13. The topological polar surface area (TPSA) is 37.3 Å². The first kappa shape index (κ1) is 13.1. The lowest BCUT2D eigenvalue weighted by molar-refractivity contribution is 0.0692. The molecule has 92 valence electrons. The molecular formula is C13H8BrFO2S. The molecule has 0 saturated carbocycles. The zero-order chi connectivity index (χ0) is 13.1.